The van der Waals surface area contributed by atoms with E-state index in [9.17, 15) is 0 Å². The summed E-state index contributed by atoms with van der Waals surface area (Å²) in [5.41, 5.74) is 6.81. The fraction of sp³-hybridized carbons (Fsp3) is 0.571. The van der Waals surface area contributed by atoms with Crippen LogP contribution in [-0.4, -0.2) is 15.8 Å². The smallest absolute Gasteiger partial charge is 0.0671 e. The van der Waals surface area contributed by atoms with Crippen LogP contribution in [0.5, 0.6) is 0 Å². The van der Waals surface area contributed by atoms with Crippen molar-refractivity contribution in [1.82, 2.24) is 9.78 Å². The second kappa shape index (κ2) is 4.12. The van der Waals surface area contributed by atoms with Crippen LogP contribution in [0.1, 0.15) is 18.0 Å². The lowest BCUT2D eigenvalue weighted by molar-refractivity contribution is 0.740. The van der Waals surface area contributed by atoms with Crippen molar-refractivity contribution >= 4 is 24.8 Å². The number of aryl methyl sites for hydroxylation is 1. The van der Waals surface area contributed by atoms with Crippen molar-refractivity contribution in [3.8, 4) is 0 Å². The molecule has 1 aliphatic rings. The summed E-state index contributed by atoms with van der Waals surface area (Å²) in [7, 11) is 1.93. The molecule has 3 nitrogen and oxygen atoms in total. The number of nitrogens with zero attached hydrogens (tertiary/aromatic N) is 2. The lowest BCUT2D eigenvalue weighted by Crippen LogP contribution is -2.01. The maximum absolute atomic E-state index is 5.66. The molecule has 0 aromatic carbocycles. The van der Waals surface area contributed by atoms with Gasteiger partial charge in [-0.3, -0.25) is 4.68 Å². The molecule has 1 aromatic heterocycles. The quantitative estimate of drug-likeness (QED) is 0.753. The predicted octanol–water partition coefficient (Wildman–Crippen LogP) is 1.08. The van der Waals surface area contributed by atoms with Gasteiger partial charge in [-0.1, -0.05) is 0 Å². The first-order chi connectivity index (χ1) is 4.77. The van der Waals surface area contributed by atoms with Gasteiger partial charge in [-0.25, -0.2) is 0 Å². The SMILES string of the molecule is Cl.Cl.Cn1ccc(C2CC2N)n1. The predicted molar refractivity (Wildman–Crippen MR) is 53.0 cm³/mol. The highest BCUT2D eigenvalue weighted by molar-refractivity contribution is 5.85. The molecule has 2 rings (SSSR count). The molecule has 1 saturated carbocycles. The first-order valence-corrected chi connectivity index (χ1v) is 3.52. The minimum Gasteiger partial charge on any atom is -0.327 e. The van der Waals surface area contributed by atoms with Gasteiger partial charge in [0.25, 0.3) is 0 Å². The summed E-state index contributed by atoms with van der Waals surface area (Å²) in [6.45, 7) is 0. The van der Waals surface area contributed by atoms with E-state index in [2.05, 4.69) is 5.10 Å². The van der Waals surface area contributed by atoms with Crippen LogP contribution in [0, 0.1) is 0 Å². The fourth-order valence-electron chi connectivity index (χ4n) is 1.19. The zero-order valence-electron chi connectivity index (χ0n) is 6.80. The summed E-state index contributed by atoms with van der Waals surface area (Å²) >= 11 is 0. The van der Waals surface area contributed by atoms with E-state index in [1.807, 2.05) is 24.0 Å². The average Bonchev–Trinajstić information content (AvgIpc) is 2.42. The summed E-state index contributed by atoms with van der Waals surface area (Å²) in [6, 6.07) is 2.41. The molecule has 1 aliphatic carbocycles. The van der Waals surface area contributed by atoms with Crippen molar-refractivity contribution in [1.29, 1.82) is 0 Å². The van der Waals surface area contributed by atoms with E-state index >= 15 is 0 Å². The summed E-state index contributed by atoms with van der Waals surface area (Å²) in [5, 5.41) is 4.26. The molecule has 12 heavy (non-hydrogen) atoms. The molecular weight excluding hydrogens is 197 g/mol. The number of hydrogen-bond donors (Lipinski definition) is 1. The van der Waals surface area contributed by atoms with Gasteiger partial charge in [-0.2, -0.15) is 5.10 Å². The lowest BCUT2D eigenvalue weighted by atomic mass is 10.3. The van der Waals surface area contributed by atoms with Gasteiger partial charge in [0.2, 0.25) is 0 Å². The summed E-state index contributed by atoms with van der Waals surface area (Å²) in [6.07, 6.45) is 3.07. The summed E-state index contributed by atoms with van der Waals surface area (Å²) < 4.78 is 1.82. The van der Waals surface area contributed by atoms with Crippen LogP contribution in [0.3, 0.4) is 0 Å². The van der Waals surface area contributed by atoms with E-state index in [0.717, 1.165) is 12.1 Å². The molecule has 0 saturated heterocycles. The molecule has 0 spiro atoms. The van der Waals surface area contributed by atoms with E-state index in [4.69, 9.17) is 5.73 Å². The Balaban J connectivity index is 0.000000605. The van der Waals surface area contributed by atoms with Crippen LogP contribution in [0.25, 0.3) is 0 Å². The number of nitrogens with two attached hydrogens (primary N) is 1. The van der Waals surface area contributed by atoms with E-state index in [1.54, 1.807) is 0 Å². The Morgan fingerprint density at radius 2 is 2.17 bits per heavy atom. The molecule has 0 amide bonds. The topological polar surface area (TPSA) is 43.8 Å². The summed E-state index contributed by atoms with van der Waals surface area (Å²) in [5.74, 6) is 0.543. The van der Waals surface area contributed by atoms with Crippen molar-refractivity contribution in [3.05, 3.63) is 18.0 Å². The molecule has 1 fully saturated rings. The van der Waals surface area contributed by atoms with Crippen molar-refractivity contribution in [2.45, 2.75) is 18.4 Å². The summed E-state index contributed by atoms with van der Waals surface area (Å²) in [4.78, 5) is 0. The van der Waals surface area contributed by atoms with Gasteiger partial charge in [-0.15, -0.1) is 24.8 Å². The van der Waals surface area contributed by atoms with Gasteiger partial charge in [0.15, 0.2) is 0 Å². The third kappa shape index (κ3) is 2.12. The standard InChI is InChI=1S/C7H11N3.2ClH/c1-10-3-2-7(9-10)5-4-6(5)8;;/h2-3,5-6H,4,8H2,1H3;2*1H. The maximum Gasteiger partial charge on any atom is 0.0671 e. The molecular formula is C7H13Cl2N3. The molecule has 2 unspecified atom stereocenters. The van der Waals surface area contributed by atoms with Gasteiger partial charge < -0.3 is 5.73 Å². The van der Waals surface area contributed by atoms with Gasteiger partial charge in [0.1, 0.15) is 0 Å². The molecule has 0 bridgehead atoms. The molecule has 1 heterocycles. The molecule has 5 heteroatoms. The van der Waals surface area contributed by atoms with Crippen LogP contribution >= 0.6 is 24.8 Å². The third-order valence-corrected chi connectivity index (χ3v) is 1.95. The number of rotatable bonds is 1. The van der Waals surface area contributed by atoms with Gasteiger partial charge in [0, 0.05) is 25.2 Å². The zero-order chi connectivity index (χ0) is 7.14. The fourth-order valence-corrected chi connectivity index (χ4v) is 1.19. The normalized spacial score (nSPS) is 25.5. The van der Waals surface area contributed by atoms with Crippen molar-refractivity contribution in [3.63, 3.8) is 0 Å². The Hall–Kier alpha value is -0.250. The number of halogens is 2. The molecule has 2 N–H and O–H groups in total. The Morgan fingerprint density at radius 3 is 2.50 bits per heavy atom. The van der Waals surface area contributed by atoms with E-state index in [1.165, 1.54) is 0 Å². The third-order valence-electron chi connectivity index (χ3n) is 1.95. The maximum atomic E-state index is 5.66. The van der Waals surface area contributed by atoms with E-state index in [-0.39, 0.29) is 24.8 Å². The molecule has 2 atom stereocenters. The molecule has 0 radical (unpaired) electrons. The molecule has 1 aromatic rings. The second-order valence-corrected chi connectivity index (χ2v) is 2.92. The van der Waals surface area contributed by atoms with Crippen molar-refractivity contribution in [2.24, 2.45) is 12.8 Å². The van der Waals surface area contributed by atoms with Crippen molar-refractivity contribution < 1.29 is 0 Å². The minimum absolute atomic E-state index is 0. The highest BCUT2D eigenvalue weighted by atomic mass is 35.5. The van der Waals surface area contributed by atoms with Crippen molar-refractivity contribution in [2.75, 3.05) is 0 Å². The Kier molecular flexibility index (Phi) is 4.03. The zero-order valence-corrected chi connectivity index (χ0v) is 8.44. The number of hydrogen-bond acceptors (Lipinski definition) is 2. The van der Waals surface area contributed by atoms with E-state index in [0.29, 0.717) is 12.0 Å². The first-order valence-electron chi connectivity index (χ1n) is 3.52. The van der Waals surface area contributed by atoms with Crippen LogP contribution in [0.4, 0.5) is 0 Å². The van der Waals surface area contributed by atoms with Gasteiger partial charge >= 0.3 is 0 Å². The highest BCUT2D eigenvalue weighted by Gasteiger charge is 2.36. The van der Waals surface area contributed by atoms with Crippen LogP contribution < -0.4 is 5.73 Å². The highest BCUT2D eigenvalue weighted by Crippen LogP contribution is 2.37. The lowest BCUT2D eigenvalue weighted by Gasteiger charge is -1.88. The monoisotopic (exact) mass is 209 g/mol. The Bertz CT molecular complexity index is 249. The second-order valence-electron chi connectivity index (χ2n) is 2.92. The van der Waals surface area contributed by atoms with Crippen LogP contribution in [0.2, 0.25) is 0 Å². The largest absolute Gasteiger partial charge is 0.327 e. The Labute approximate surface area is 84.1 Å². The number of aromatic nitrogens is 2. The molecule has 0 aliphatic heterocycles. The first kappa shape index (κ1) is 11.8. The van der Waals surface area contributed by atoms with Crippen LogP contribution in [0.15, 0.2) is 12.3 Å². The van der Waals surface area contributed by atoms with E-state index < -0.39 is 0 Å². The molecule has 70 valence electrons. The average molecular weight is 210 g/mol. The minimum atomic E-state index is 0. The Morgan fingerprint density at radius 1 is 1.58 bits per heavy atom. The van der Waals surface area contributed by atoms with Gasteiger partial charge in [-0.05, 0) is 12.5 Å². The van der Waals surface area contributed by atoms with Crippen LogP contribution in [-0.2, 0) is 7.05 Å². The van der Waals surface area contributed by atoms with Gasteiger partial charge in [0.05, 0.1) is 5.69 Å².